The number of amides is 2. The summed E-state index contributed by atoms with van der Waals surface area (Å²) in [6.45, 7) is 5.31. The minimum atomic E-state index is -1.24. The monoisotopic (exact) mass is 570 g/mol. The number of fused-ring (bicyclic) bond motifs is 1. The topological polar surface area (TPSA) is 105 Å². The van der Waals surface area contributed by atoms with Gasteiger partial charge in [0.25, 0.3) is 0 Å². The molecule has 8 nitrogen and oxygen atoms in total. The summed E-state index contributed by atoms with van der Waals surface area (Å²) in [7, 11) is 0. The Morgan fingerprint density at radius 2 is 1.86 bits per heavy atom. The lowest BCUT2D eigenvalue weighted by Crippen LogP contribution is -2.55. The predicted molar refractivity (Wildman–Crippen MR) is 140 cm³/mol. The summed E-state index contributed by atoms with van der Waals surface area (Å²) in [5.41, 5.74) is 1.90. The van der Waals surface area contributed by atoms with E-state index in [1.807, 2.05) is 62.4 Å². The first-order valence-electron chi connectivity index (χ1n) is 12.6. The summed E-state index contributed by atoms with van der Waals surface area (Å²) in [5.74, 6) is -3.04. The number of likely N-dealkylation sites (tertiary alicyclic amines) is 1. The molecule has 3 unspecified atom stereocenters. The maximum Gasteiger partial charge on any atom is 0.312 e. The van der Waals surface area contributed by atoms with Crippen LogP contribution in [0.2, 0.25) is 0 Å². The Kier molecular flexibility index (Phi) is 6.89. The van der Waals surface area contributed by atoms with E-state index >= 15 is 0 Å². The first-order chi connectivity index (χ1) is 17.7. The highest BCUT2D eigenvalue weighted by molar-refractivity contribution is 9.09. The number of aryl methyl sites for hydroxylation is 2. The lowest BCUT2D eigenvalue weighted by Gasteiger charge is -2.37. The molecule has 2 N–H and O–H groups in total. The van der Waals surface area contributed by atoms with Gasteiger partial charge in [-0.15, -0.1) is 0 Å². The normalized spacial score (nSPS) is 30.8. The number of benzene rings is 2. The average molecular weight is 571 g/mol. The van der Waals surface area contributed by atoms with Gasteiger partial charge in [-0.3, -0.25) is 14.4 Å². The van der Waals surface area contributed by atoms with E-state index in [0.29, 0.717) is 17.7 Å². The molecule has 2 aromatic carbocycles. The zero-order chi connectivity index (χ0) is 26.5. The van der Waals surface area contributed by atoms with Gasteiger partial charge in [-0.25, -0.2) is 0 Å². The van der Waals surface area contributed by atoms with E-state index in [1.165, 1.54) is 4.90 Å². The number of ether oxygens (including phenoxy) is 2. The van der Waals surface area contributed by atoms with Gasteiger partial charge in [-0.2, -0.15) is 0 Å². The first-order valence-corrected chi connectivity index (χ1v) is 13.5. The highest BCUT2D eigenvalue weighted by Gasteiger charge is 2.77. The van der Waals surface area contributed by atoms with Gasteiger partial charge < -0.3 is 24.8 Å². The van der Waals surface area contributed by atoms with Crippen molar-refractivity contribution in [2.45, 2.75) is 55.8 Å². The molecule has 2 bridgehead atoms. The van der Waals surface area contributed by atoms with Crippen molar-refractivity contribution in [3.63, 3.8) is 0 Å². The van der Waals surface area contributed by atoms with Gasteiger partial charge in [-0.1, -0.05) is 64.5 Å². The third-order valence-electron chi connectivity index (χ3n) is 7.96. The van der Waals surface area contributed by atoms with E-state index in [4.69, 9.17) is 9.47 Å². The number of carbonyl (C=O) groups is 3. The molecule has 1 spiro atoms. The number of carbonyl (C=O) groups excluding carboxylic acids is 3. The zero-order valence-electron chi connectivity index (χ0n) is 21.0. The molecule has 3 aliphatic heterocycles. The lowest BCUT2D eigenvalue weighted by atomic mass is 9.70. The number of hydrogen-bond donors (Lipinski definition) is 2. The van der Waals surface area contributed by atoms with E-state index in [0.717, 1.165) is 11.1 Å². The van der Waals surface area contributed by atoms with Crippen molar-refractivity contribution in [3.05, 3.63) is 65.2 Å². The molecule has 0 aromatic heterocycles. The van der Waals surface area contributed by atoms with Crippen molar-refractivity contribution in [1.82, 2.24) is 4.90 Å². The van der Waals surface area contributed by atoms with Crippen molar-refractivity contribution in [2.75, 3.05) is 18.5 Å². The molecule has 7 atom stereocenters. The highest BCUT2D eigenvalue weighted by Crippen LogP contribution is 2.61. The number of nitrogens with one attached hydrogen (secondary N) is 1. The molecule has 9 heteroatoms. The molecule has 3 aliphatic rings. The number of alkyl halides is 1. The number of hydrogen-bond acceptors (Lipinski definition) is 6. The zero-order valence-corrected chi connectivity index (χ0v) is 22.6. The van der Waals surface area contributed by atoms with Crippen LogP contribution < -0.4 is 5.32 Å². The third-order valence-corrected chi connectivity index (χ3v) is 8.80. The number of aliphatic hydroxyl groups excluding tert-OH is 1. The summed E-state index contributed by atoms with van der Waals surface area (Å²) in [6, 6.07) is 13.0. The Morgan fingerprint density at radius 1 is 1.19 bits per heavy atom. The average Bonchev–Trinajstić information content (AvgIpc) is 3.46. The maximum absolute atomic E-state index is 14.2. The van der Waals surface area contributed by atoms with Crippen LogP contribution in [0, 0.1) is 25.7 Å². The molecule has 3 saturated heterocycles. The van der Waals surface area contributed by atoms with Crippen LogP contribution in [0.5, 0.6) is 0 Å². The van der Waals surface area contributed by atoms with Crippen molar-refractivity contribution in [1.29, 1.82) is 0 Å². The maximum atomic E-state index is 14.2. The second kappa shape index (κ2) is 9.85. The Hall–Kier alpha value is -2.75. The van der Waals surface area contributed by atoms with Crippen LogP contribution in [0.15, 0.2) is 48.5 Å². The number of para-hydroxylation sites is 1. The number of rotatable bonds is 7. The quantitative estimate of drug-likeness (QED) is 0.391. The number of halogens is 1. The molecule has 2 aromatic rings. The van der Waals surface area contributed by atoms with Crippen LogP contribution in [0.3, 0.4) is 0 Å². The molecular weight excluding hydrogens is 540 g/mol. The molecule has 0 aliphatic carbocycles. The van der Waals surface area contributed by atoms with Gasteiger partial charge in [0, 0.05) is 10.5 Å². The summed E-state index contributed by atoms with van der Waals surface area (Å²) < 4.78 is 11.8. The fourth-order valence-corrected chi connectivity index (χ4v) is 7.39. The highest BCUT2D eigenvalue weighted by atomic mass is 79.9. The Labute approximate surface area is 224 Å². The van der Waals surface area contributed by atoms with Crippen LogP contribution in [0.25, 0.3) is 0 Å². The van der Waals surface area contributed by atoms with Gasteiger partial charge in [-0.05, 0) is 43.9 Å². The molecule has 3 heterocycles. The van der Waals surface area contributed by atoms with Crippen molar-refractivity contribution in [3.8, 4) is 0 Å². The number of aliphatic hydroxyl groups is 1. The second-order valence-electron chi connectivity index (χ2n) is 10.0. The molecule has 3 fully saturated rings. The van der Waals surface area contributed by atoms with Crippen LogP contribution in [0.1, 0.15) is 36.1 Å². The van der Waals surface area contributed by atoms with Gasteiger partial charge in [0.2, 0.25) is 11.8 Å². The minimum absolute atomic E-state index is 0.173. The number of nitrogens with zero attached hydrogens (tertiary/aromatic N) is 1. The molecule has 2 amide bonds. The van der Waals surface area contributed by atoms with Gasteiger partial charge in [0.05, 0.1) is 37.2 Å². The van der Waals surface area contributed by atoms with Crippen molar-refractivity contribution < 1.29 is 29.0 Å². The Morgan fingerprint density at radius 3 is 2.49 bits per heavy atom. The van der Waals surface area contributed by atoms with Gasteiger partial charge >= 0.3 is 5.97 Å². The SMILES string of the molecule is CCOC(=O)[C@H]1[C@H]2C(=O)N([C@H](CO)c3ccccc3)C(C(=O)Nc3c(C)cccc3C)C23CC(Br)[C@@H]1O3. The summed E-state index contributed by atoms with van der Waals surface area (Å²) in [4.78, 5) is 42.7. The van der Waals surface area contributed by atoms with Crippen LogP contribution in [-0.4, -0.2) is 63.6 Å². The van der Waals surface area contributed by atoms with Crippen molar-refractivity contribution in [2.24, 2.45) is 11.8 Å². The summed E-state index contributed by atoms with van der Waals surface area (Å²) in [6.07, 6.45) is -0.215. The molecule has 37 heavy (non-hydrogen) atoms. The Balaban J connectivity index is 1.63. The standard InChI is InChI=1S/C28H31BrN2O6/c1-4-36-27(35)20-21-26(34)31(19(14-32)17-11-6-5-7-12-17)24(28(21)13-18(29)23(20)37-28)25(33)30-22-15(2)9-8-10-16(22)3/h5-12,18-21,23-24,32H,4,13-14H2,1-3H3,(H,30,33)/t18?,19-,20+,21+,23+,24?,28?/m1/s1. The lowest BCUT2D eigenvalue weighted by molar-refractivity contribution is -0.155. The van der Waals surface area contributed by atoms with Gasteiger partial charge in [0.1, 0.15) is 11.6 Å². The molecular formula is C28H31BrN2O6. The fourth-order valence-electron chi connectivity index (χ4n) is 6.44. The largest absolute Gasteiger partial charge is 0.466 e. The molecule has 5 rings (SSSR count). The van der Waals surface area contributed by atoms with E-state index in [1.54, 1.807) is 6.92 Å². The number of esters is 1. The first kappa shape index (κ1) is 25.9. The van der Waals surface area contributed by atoms with Crippen molar-refractivity contribution >= 4 is 39.4 Å². The fraction of sp³-hybridized carbons (Fsp3) is 0.464. The second-order valence-corrected chi connectivity index (χ2v) is 11.2. The van der Waals surface area contributed by atoms with Crippen LogP contribution >= 0.6 is 15.9 Å². The molecule has 196 valence electrons. The van der Waals surface area contributed by atoms with E-state index in [-0.39, 0.29) is 17.3 Å². The molecule has 0 radical (unpaired) electrons. The summed E-state index contributed by atoms with van der Waals surface area (Å²) >= 11 is 3.65. The third kappa shape index (κ3) is 3.99. The van der Waals surface area contributed by atoms with Crippen LogP contribution in [0.4, 0.5) is 5.69 Å². The molecule has 0 saturated carbocycles. The Bertz CT molecular complexity index is 1200. The predicted octanol–water partition coefficient (Wildman–Crippen LogP) is 3.29. The van der Waals surface area contributed by atoms with E-state index in [2.05, 4.69) is 21.2 Å². The summed E-state index contributed by atoms with van der Waals surface area (Å²) in [5, 5.41) is 13.6. The van der Waals surface area contributed by atoms with E-state index < -0.39 is 54.1 Å². The number of anilines is 1. The smallest absolute Gasteiger partial charge is 0.312 e. The minimum Gasteiger partial charge on any atom is -0.466 e. The van der Waals surface area contributed by atoms with Gasteiger partial charge in [0.15, 0.2) is 0 Å². The van der Waals surface area contributed by atoms with E-state index in [9.17, 15) is 19.5 Å². The van der Waals surface area contributed by atoms with Crippen LogP contribution in [-0.2, 0) is 23.9 Å².